The van der Waals surface area contributed by atoms with Crippen LogP contribution in [-0.2, 0) is 20.5 Å². The highest BCUT2D eigenvalue weighted by atomic mass is 35.5. The Bertz CT molecular complexity index is 1590. The molecule has 0 saturated carbocycles. The molecular formula is C31H26ClN3O4. The van der Waals surface area contributed by atoms with Gasteiger partial charge in [-0.05, 0) is 61.3 Å². The molecule has 2 N–H and O–H groups in total. The number of nitrogens with zero attached hydrogens (tertiary/aromatic N) is 1. The van der Waals surface area contributed by atoms with Gasteiger partial charge in [0, 0.05) is 28.0 Å². The normalized spacial score (nSPS) is 28.2. The van der Waals surface area contributed by atoms with Crippen LogP contribution in [0.15, 0.2) is 79.4 Å². The van der Waals surface area contributed by atoms with Gasteiger partial charge in [-0.2, -0.15) is 0 Å². The van der Waals surface area contributed by atoms with Crippen molar-refractivity contribution >= 4 is 40.6 Å². The van der Waals surface area contributed by atoms with E-state index < -0.39 is 16.9 Å². The standard InChI is InChI=1S/C31H26ClN3O4/c1-2-16-39-25-12-6-3-8-19(25)27(36)26-24-11-7-15-35(24)31(21-17-18(32)13-14-23(21)34-29(31)38)30(26)20-9-4-5-10-22(20)33-28(30)37/h2-6,8-10,12-14,17,24,26H,1,7,11,15-16H2,(H,33,37)(H,34,38). The quantitative estimate of drug-likeness (QED) is 0.355. The van der Waals surface area contributed by atoms with Crippen LogP contribution < -0.4 is 15.4 Å². The molecule has 0 aromatic heterocycles. The summed E-state index contributed by atoms with van der Waals surface area (Å²) in [5, 5.41) is 6.55. The van der Waals surface area contributed by atoms with Crippen molar-refractivity contribution in [2.24, 2.45) is 5.92 Å². The van der Waals surface area contributed by atoms with E-state index in [1.807, 2.05) is 30.3 Å². The number of halogens is 1. The highest BCUT2D eigenvalue weighted by Gasteiger charge is 2.81. The number of ketones is 1. The summed E-state index contributed by atoms with van der Waals surface area (Å²) in [6, 6.07) is 19.4. The minimum Gasteiger partial charge on any atom is -0.489 e. The fourth-order valence-corrected chi connectivity index (χ4v) is 7.84. The molecule has 0 radical (unpaired) electrons. The van der Waals surface area contributed by atoms with Crippen molar-refractivity contribution in [3.8, 4) is 5.75 Å². The van der Waals surface area contributed by atoms with Gasteiger partial charge in [-0.15, -0.1) is 0 Å². The van der Waals surface area contributed by atoms with E-state index in [1.54, 1.807) is 42.5 Å². The Balaban J connectivity index is 1.55. The Labute approximate surface area is 230 Å². The van der Waals surface area contributed by atoms with E-state index in [4.69, 9.17) is 16.3 Å². The van der Waals surface area contributed by atoms with E-state index in [9.17, 15) is 14.4 Å². The Morgan fingerprint density at radius 1 is 1.03 bits per heavy atom. The summed E-state index contributed by atoms with van der Waals surface area (Å²) < 4.78 is 5.89. The van der Waals surface area contributed by atoms with Crippen LogP contribution in [0.5, 0.6) is 5.75 Å². The molecule has 4 aliphatic heterocycles. The zero-order chi connectivity index (χ0) is 26.9. The molecule has 4 atom stereocenters. The number of para-hydroxylation sites is 2. The molecule has 4 unspecified atom stereocenters. The van der Waals surface area contributed by atoms with Crippen LogP contribution in [0.4, 0.5) is 11.4 Å². The average Bonchev–Trinajstić information content (AvgIpc) is 3.66. The maximum Gasteiger partial charge on any atom is 0.251 e. The number of fused-ring (bicyclic) bond motifs is 7. The number of carbonyl (C=O) groups excluding carboxylic acids is 3. The Kier molecular flexibility index (Phi) is 5.28. The molecule has 7 nitrogen and oxygen atoms in total. The van der Waals surface area contributed by atoms with Crippen molar-refractivity contribution in [1.29, 1.82) is 0 Å². The third-order valence-corrected chi connectivity index (χ3v) is 9.09. The van der Waals surface area contributed by atoms with Crippen LogP contribution in [-0.4, -0.2) is 41.7 Å². The lowest BCUT2D eigenvalue weighted by molar-refractivity contribution is -0.137. The number of amides is 2. The Hall–Kier alpha value is -3.94. The number of benzene rings is 3. The molecule has 3 aromatic rings. The molecule has 2 spiro atoms. The Morgan fingerprint density at radius 3 is 2.62 bits per heavy atom. The average molecular weight is 540 g/mol. The van der Waals surface area contributed by atoms with Crippen LogP contribution in [0.2, 0.25) is 5.02 Å². The van der Waals surface area contributed by atoms with Crippen molar-refractivity contribution in [2.45, 2.75) is 29.8 Å². The number of hydrogen-bond acceptors (Lipinski definition) is 5. The lowest BCUT2D eigenvalue weighted by Gasteiger charge is -2.43. The third kappa shape index (κ3) is 2.89. The van der Waals surface area contributed by atoms with Crippen molar-refractivity contribution in [1.82, 2.24) is 4.90 Å². The molecule has 3 aromatic carbocycles. The van der Waals surface area contributed by atoms with Gasteiger partial charge >= 0.3 is 0 Å². The minimum atomic E-state index is -1.53. The largest absolute Gasteiger partial charge is 0.489 e. The maximum absolute atomic E-state index is 14.8. The third-order valence-electron chi connectivity index (χ3n) is 8.85. The smallest absolute Gasteiger partial charge is 0.251 e. The second kappa shape index (κ2) is 8.53. The second-order valence-electron chi connectivity index (χ2n) is 10.5. The van der Waals surface area contributed by atoms with Crippen molar-refractivity contribution in [3.05, 3.63) is 101 Å². The molecule has 2 fully saturated rings. The number of rotatable bonds is 5. The number of Topliss-reactive ketones (excluding diaryl/α,β-unsaturated/α-hetero) is 1. The molecule has 2 amide bonds. The van der Waals surface area contributed by atoms with Gasteiger partial charge in [0.2, 0.25) is 5.91 Å². The van der Waals surface area contributed by atoms with Gasteiger partial charge in [0.25, 0.3) is 5.91 Å². The summed E-state index contributed by atoms with van der Waals surface area (Å²) in [5.74, 6) is -1.32. The molecule has 4 heterocycles. The van der Waals surface area contributed by atoms with Crippen LogP contribution >= 0.6 is 11.6 Å². The number of nitrogens with one attached hydrogen (secondary N) is 2. The zero-order valence-corrected chi connectivity index (χ0v) is 21.8. The minimum absolute atomic E-state index is 0.224. The van der Waals surface area contributed by atoms with Gasteiger partial charge < -0.3 is 15.4 Å². The van der Waals surface area contributed by atoms with Crippen LogP contribution in [0.25, 0.3) is 0 Å². The molecule has 2 saturated heterocycles. The fourth-order valence-electron chi connectivity index (χ4n) is 7.66. The molecule has 196 valence electrons. The summed E-state index contributed by atoms with van der Waals surface area (Å²) >= 11 is 6.52. The van der Waals surface area contributed by atoms with E-state index in [1.165, 1.54) is 0 Å². The van der Waals surface area contributed by atoms with Gasteiger partial charge in [0.1, 0.15) is 23.3 Å². The Morgan fingerprint density at radius 2 is 1.77 bits per heavy atom. The highest BCUT2D eigenvalue weighted by Crippen LogP contribution is 2.68. The van der Waals surface area contributed by atoms with Gasteiger partial charge in [-0.25, -0.2) is 0 Å². The summed E-state index contributed by atoms with van der Waals surface area (Å²) in [5.41, 5.74) is -0.107. The fraction of sp³-hybridized carbons (Fsp3) is 0.258. The number of hydrogen-bond donors (Lipinski definition) is 2. The lowest BCUT2D eigenvalue weighted by Crippen LogP contribution is -2.62. The molecule has 4 aliphatic rings. The number of carbonyl (C=O) groups is 3. The second-order valence-corrected chi connectivity index (χ2v) is 10.9. The molecule has 39 heavy (non-hydrogen) atoms. The van der Waals surface area contributed by atoms with Crippen LogP contribution in [0.3, 0.4) is 0 Å². The maximum atomic E-state index is 14.8. The van der Waals surface area contributed by atoms with Gasteiger partial charge in [-0.1, -0.05) is 54.6 Å². The van der Waals surface area contributed by atoms with Crippen LogP contribution in [0, 0.1) is 5.92 Å². The van der Waals surface area contributed by atoms with Crippen molar-refractivity contribution in [3.63, 3.8) is 0 Å². The predicted molar refractivity (Wildman–Crippen MR) is 148 cm³/mol. The van der Waals surface area contributed by atoms with E-state index in [0.717, 1.165) is 6.42 Å². The molecule has 0 aliphatic carbocycles. The number of ether oxygens (including phenoxy) is 1. The van der Waals surface area contributed by atoms with Crippen molar-refractivity contribution in [2.75, 3.05) is 23.8 Å². The first kappa shape index (κ1) is 24.1. The SMILES string of the molecule is C=CCOc1ccccc1C(=O)C1C2CCCN2C2(C(=O)Nc3ccc(Cl)cc32)C12C(=O)Nc1ccccc12. The molecule has 7 rings (SSSR count). The van der Waals surface area contributed by atoms with E-state index in [-0.39, 0.29) is 30.2 Å². The topological polar surface area (TPSA) is 87.7 Å². The lowest BCUT2D eigenvalue weighted by atomic mass is 9.57. The van der Waals surface area contributed by atoms with Gasteiger partial charge in [-0.3, -0.25) is 19.3 Å². The van der Waals surface area contributed by atoms with Crippen molar-refractivity contribution < 1.29 is 19.1 Å². The summed E-state index contributed by atoms with van der Waals surface area (Å²) in [6.45, 7) is 4.53. The molecule has 8 heteroatoms. The molecule has 0 bridgehead atoms. The first-order valence-corrected chi connectivity index (χ1v) is 13.5. The highest BCUT2D eigenvalue weighted by molar-refractivity contribution is 6.31. The zero-order valence-electron chi connectivity index (χ0n) is 21.1. The van der Waals surface area contributed by atoms with Gasteiger partial charge in [0.15, 0.2) is 5.78 Å². The first-order chi connectivity index (χ1) is 19.0. The molecular weight excluding hydrogens is 514 g/mol. The monoisotopic (exact) mass is 539 g/mol. The van der Waals surface area contributed by atoms with Gasteiger partial charge in [0.05, 0.1) is 11.5 Å². The number of anilines is 2. The summed E-state index contributed by atoms with van der Waals surface area (Å²) in [7, 11) is 0. The van der Waals surface area contributed by atoms with Crippen LogP contribution in [0.1, 0.15) is 34.3 Å². The summed E-state index contributed by atoms with van der Waals surface area (Å²) in [6.07, 6.45) is 3.10. The predicted octanol–water partition coefficient (Wildman–Crippen LogP) is 4.92. The summed E-state index contributed by atoms with van der Waals surface area (Å²) in [4.78, 5) is 45.9. The van der Waals surface area contributed by atoms with E-state index in [2.05, 4.69) is 22.1 Å². The van der Waals surface area contributed by atoms with E-state index in [0.29, 0.717) is 51.8 Å². The van der Waals surface area contributed by atoms with E-state index >= 15 is 0 Å². The first-order valence-electron chi connectivity index (χ1n) is 13.1.